The molecule has 0 atom stereocenters. The molecule has 6 heteroatoms. The number of aromatic hydroxyl groups is 2. The van der Waals surface area contributed by atoms with Crippen molar-refractivity contribution < 1.29 is 10.2 Å². The van der Waals surface area contributed by atoms with Crippen LogP contribution in [-0.2, 0) is 0 Å². The van der Waals surface area contributed by atoms with Crippen molar-refractivity contribution >= 4 is 51.0 Å². The summed E-state index contributed by atoms with van der Waals surface area (Å²) in [5.41, 5.74) is 0.738. The molecule has 0 radical (unpaired) electrons. The van der Waals surface area contributed by atoms with E-state index in [2.05, 4.69) is 20.9 Å². The van der Waals surface area contributed by atoms with E-state index in [0.717, 1.165) is 0 Å². The van der Waals surface area contributed by atoms with Crippen LogP contribution in [0.3, 0.4) is 0 Å². The second-order valence-electron chi connectivity index (χ2n) is 3.72. The van der Waals surface area contributed by atoms with Crippen molar-refractivity contribution in [3.05, 3.63) is 50.4 Å². The van der Waals surface area contributed by atoms with Gasteiger partial charge in [0.05, 0.1) is 5.02 Å². The van der Waals surface area contributed by atoms with Gasteiger partial charge < -0.3 is 10.2 Å². The maximum atomic E-state index is 9.79. The summed E-state index contributed by atoms with van der Waals surface area (Å²) in [4.78, 5) is 4.08. The van der Waals surface area contributed by atoms with E-state index in [1.807, 2.05) is 0 Å². The van der Waals surface area contributed by atoms with E-state index in [-0.39, 0.29) is 16.5 Å². The van der Waals surface area contributed by atoms with E-state index >= 15 is 0 Å². The first-order valence-electron chi connectivity index (χ1n) is 5.18. The molecular formula is C13H8BrCl2NO2. The van der Waals surface area contributed by atoms with Gasteiger partial charge in [-0.15, -0.1) is 0 Å². The third kappa shape index (κ3) is 3.41. The van der Waals surface area contributed by atoms with Crippen LogP contribution in [0.25, 0.3) is 0 Å². The molecule has 0 aliphatic carbocycles. The van der Waals surface area contributed by atoms with Gasteiger partial charge in [0.2, 0.25) is 0 Å². The minimum absolute atomic E-state index is 0.00114. The van der Waals surface area contributed by atoms with Gasteiger partial charge in [-0.05, 0) is 30.3 Å². The Morgan fingerprint density at radius 2 is 1.84 bits per heavy atom. The number of halogens is 3. The van der Waals surface area contributed by atoms with Crippen molar-refractivity contribution in [3.8, 4) is 11.5 Å². The zero-order valence-corrected chi connectivity index (χ0v) is 12.5. The molecule has 0 spiro atoms. The molecule has 0 unspecified atom stereocenters. The van der Waals surface area contributed by atoms with Gasteiger partial charge in [0.1, 0.15) is 17.2 Å². The van der Waals surface area contributed by atoms with Gasteiger partial charge in [-0.1, -0.05) is 39.1 Å². The normalized spacial score (nSPS) is 11.1. The van der Waals surface area contributed by atoms with Crippen LogP contribution in [0.4, 0.5) is 5.69 Å². The van der Waals surface area contributed by atoms with Crippen LogP contribution in [0.2, 0.25) is 10.0 Å². The average molecular weight is 361 g/mol. The van der Waals surface area contributed by atoms with Crippen molar-refractivity contribution in [1.82, 2.24) is 0 Å². The molecule has 0 saturated heterocycles. The van der Waals surface area contributed by atoms with Gasteiger partial charge in [0.25, 0.3) is 0 Å². The maximum Gasteiger partial charge on any atom is 0.143 e. The molecule has 0 aliphatic rings. The van der Waals surface area contributed by atoms with Gasteiger partial charge in [-0.3, -0.25) is 4.99 Å². The van der Waals surface area contributed by atoms with E-state index in [4.69, 9.17) is 23.2 Å². The highest BCUT2D eigenvalue weighted by atomic mass is 79.9. The van der Waals surface area contributed by atoms with E-state index in [9.17, 15) is 10.2 Å². The molecule has 98 valence electrons. The Labute approximate surface area is 128 Å². The van der Waals surface area contributed by atoms with E-state index in [1.54, 1.807) is 18.2 Å². The number of phenols is 2. The lowest BCUT2D eigenvalue weighted by Gasteiger charge is -2.03. The molecule has 0 saturated carbocycles. The topological polar surface area (TPSA) is 52.8 Å². The van der Waals surface area contributed by atoms with Gasteiger partial charge >= 0.3 is 0 Å². The van der Waals surface area contributed by atoms with Gasteiger partial charge in [0.15, 0.2) is 0 Å². The molecule has 0 aromatic heterocycles. The number of aliphatic imine (C=N–C) groups is 1. The monoisotopic (exact) mass is 359 g/mol. The minimum Gasteiger partial charge on any atom is -0.506 e. The Balaban J connectivity index is 2.40. The summed E-state index contributed by atoms with van der Waals surface area (Å²) in [6.07, 6.45) is 1.40. The predicted molar refractivity (Wildman–Crippen MR) is 81.2 cm³/mol. The van der Waals surface area contributed by atoms with Crippen LogP contribution in [-0.4, -0.2) is 16.4 Å². The summed E-state index contributed by atoms with van der Waals surface area (Å²) in [5, 5.41) is 20.1. The van der Waals surface area contributed by atoms with Crippen LogP contribution in [0.1, 0.15) is 5.56 Å². The highest BCUT2D eigenvalue weighted by molar-refractivity contribution is 9.10. The Hall–Kier alpha value is -1.23. The number of hydrogen-bond donors (Lipinski definition) is 2. The second-order valence-corrected chi connectivity index (χ2v) is 5.48. The molecule has 0 aliphatic heterocycles. The highest BCUT2D eigenvalue weighted by Crippen LogP contribution is 2.32. The third-order valence-corrected chi connectivity index (χ3v) is 3.32. The first-order valence-corrected chi connectivity index (χ1v) is 6.73. The number of hydrogen-bond acceptors (Lipinski definition) is 3. The second kappa shape index (κ2) is 5.82. The Bertz CT molecular complexity index is 659. The molecule has 2 aromatic carbocycles. The maximum absolute atomic E-state index is 9.79. The molecule has 0 heterocycles. The van der Waals surface area contributed by atoms with Crippen molar-refractivity contribution in [2.24, 2.45) is 4.99 Å². The summed E-state index contributed by atoms with van der Waals surface area (Å²) < 4.78 is 0.715. The lowest BCUT2D eigenvalue weighted by atomic mass is 10.2. The Morgan fingerprint density at radius 3 is 2.58 bits per heavy atom. The molecule has 0 amide bonds. The quantitative estimate of drug-likeness (QED) is 0.747. The van der Waals surface area contributed by atoms with E-state index in [0.29, 0.717) is 20.7 Å². The summed E-state index contributed by atoms with van der Waals surface area (Å²) in [6.45, 7) is 0. The molecule has 0 fully saturated rings. The summed E-state index contributed by atoms with van der Waals surface area (Å²) >= 11 is 14.9. The van der Waals surface area contributed by atoms with Crippen LogP contribution in [0.15, 0.2) is 39.8 Å². The van der Waals surface area contributed by atoms with E-state index < -0.39 is 0 Å². The Kier molecular flexibility index (Phi) is 4.34. The number of phenolic OH excluding ortho intramolecular Hbond substituents is 2. The smallest absolute Gasteiger partial charge is 0.143 e. The molecule has 2 N–H and O–H groups in total. The lowest BCUT2D eigenvalue weighted by molar-refractivity contribution is 0.474. The molecule has 2 aromatic rings. The molecule has 19 heavy (non-hydrogen) atoms. The highest BCUT2D eigenvalue weighted by Gasteiger charge is 2.06. The SMILES string of the molecule is Oc1ccc(Cl)cc1N=Cc1cc(Br)cc(Cl)c1O. The zero-order chi connectivity index (χ0) is 14.0. The zero-order valence-electron chi connectivity index (χ0n) is 9.44. The fourth-order valence-corrected chi connectivity index (χ4v) is 2.42. The minimum atomic E-state index is -0.0739. The van der Waals surface area contributed by atoms with Crippen LogP contribution in [0, 0.1) is 0 Å². The first-order chi connectivity index (χ1) is 8.97. The number of benzene rings is 2. The first kappa shape index (κ1) is 14.2. The van der Waals surface area contributed by atoms with Crippen molar-refractivity contribution in [2.75, 3.05) is 0 Å². The fourth-order valence-electron chi connectivity index (χ4n) is 1.42. The summed E-state index contributed by atoms with van der Waals surface area (Å²) in [7, 11) is 0. The predicted octanol–water partition coefficient (Wildman–Crippen LogP) is 4.92. The van der Waals surface area contributed by atoms with Crippen molar-refractivity contribution in [3.63, 3.8) is 0 Å². The fraction of sp³-hybridized carbons (Fsp3) is 0. The van der Waals surface area contributed by atoms with Gasteiger partial charge in [-0.25, -0.2) is 0 Å². The largest absolute Gasteiger partial charge is 0.506 e. The van der Waals surface area contributed by atoms with Crippen LogP contribution >= 0.6 is 39.1 Å². The third-order valence-electron chi connectivity index (χ3n) is 2.34. The van der Waals surface area contributed by atoms with Crippen molar-refractivity contribution in [1.29, 1.82) is 0 Å². The lowest BCUT2D eigenvalue weighted by Crippen LogP contribution is -1.84. The Morgan fingerprint density at radius 1 is 1.11 bits per heavy atom. The summed E-state index contributed by atoms with van der Waals surface area (Å²) in [6, 6.07) is 7.76. The number of rotatable bonds is 2. The van der Waals surface area contributed by atoms with Crippen LogP contribution in [0.5, 0.6) is 11.5 Å². The van der Waals surface area contributed by atoms with E-state index in [1.165, 1.54) is 18.3 Å². The number of nitrogens with zero attached hydrogens (tertiary/aromatic N) is 1. The average Bonchev–Trinajstić information content (AvgIpc) is 2.35. The van der Waals surface area contributed by atoms with Gasteiger partial charge in [-0.2, -0.15) is 0 Å². The summed E-state index contributed by atoms with van der Waals surface area (Å²) in [5.74, 6) is -0.0728. The molecule has 3 nitrogen and oxygen atoms in total. The van der Waals surface area contributed by atoms with Crippen LogP contribution < -0.4 is 0 Å². The standard InChI is InChI=1S/C13H8BrCl2NO2/c14-8-3-7(13(19)10(16)4-8)6-17-11-5-9(15)1-2-12(11)18/h1-6,18-19H. The molecule has 0 bridgehead atoms. The molecular weight excluding hydrogens is 353 g/mol. The molecule has 2 rings (SSSR count). The van der Waals surface area contributed by atoms with Crippen molar-refractivity contribution in [2.45, 2.75) is 0 Å². The van der Waals surface area contributed by atoms with Gasteiger partial charge in [0, 0.05) is 21.3 Å².